The first-order valence-electron chi connectivity index (χ1n) is 4.97. The predicted molar refractivity (Wildman–Crippen MR) is 55.0 cm³/mol. The van der Waals surface area contributed by atoms with Gasteiger partial charge in [0, 0.05) is 6.42 Å². The molecule has 5 nitrogen and oxygen atoms in total. The van der Waals surface area contributed by atoms with Gasteiger partial charge in [-0.3, -0.25) is 4.79 Å². The Morgan fingerprint density at radius 2 is 2.20 bits per heavy atom. The lowest BCUT2D eigenvalue weighted by Crippen LogP contribution is -2.25. The number of carboxylic acids is 1. The third-order valence-electron chi connectivity index (χ3n) is 1.91. The highest BCUT2D eigenvalue weighted by Crippen LogP contribution is 2.07. The van der Waals surface area contributed by atoms with Gasteiger partial charge >= 0.3 is 5.97 Å². The molecule has 3 N–H and O–H groups in total. The van der Waals surface area contributed by atoms with E-state index in [-0.39, 0.29) is 18.7 Å². The zero-order valence-electron chi connectivity index (χ0n) is 8.82. The Hall–Kier alpha value is -1.32. The molecule has 86 valence electrons. The van der Waals surface area contributed by atoms with E-state index in [0.29, 0.717) is 6.42 Å². The smallest absolute Gasteiger partial charge is 0.322 e. The van der Waals surface area contributed by atoms with Crippen LogP contribution in [0.1, 0.15) is 32.6 Å². The summed E-state index contributed by atoms with van der Waals surface area (Å²) < 4.78 is 0. The fraction of sp³-hybridized carbons (Fsp3) is 0.700. The minimum atomic E-state index is -1.05. The van der Waals surface area contributed by atoms with Crippen LogP contribution in [0, 0.1) is 0 Å². The summed E-state index contributed by atoms with van der Waals surface area (Å²) in [4.78, 5) is 20.6. The monoisotopic (exact) mass is 215 g/mol. The molecule has 0 aliphatic heterocycles. The van der Waals surface area contributed by atoms with Crippen LogP contribution in [0.2, 0.25) is 0 Å². The highest BCUT2D eigenvalue weighted by molar-refractivity contribution is 5.70. The second-order valence-electron chi connectivity index (χ2n) is 3.33. The molecule has 1 atom stereocenters. The average molecular weight is 215 g/mol. The summed E-state index contributed by atoms with van der Waals surface area (Å²) in [5, 5.41) is 20.2. The number of hydrogen-bond donors (Lipinski definition) is 3. The molecule has 0 aromatic rings. The maximum atomic E-state index is 10.4. The van der Waals surface area contributed by atoms with Crippen LogP contribution in [0.5, 0.6) is 0 Å². The van der Waals surface area contributed by atoms with Gasteiger partial charge in [-0.05, 0) is 6.42 Å². The summed E-state index contributed by atoms with van der Waals surface area (Å²) in [5.41, 5.74) is 0.112. The molecule has 0 saturated heterocycles. The second-order valence-corrected chi connectivity index (χ2v) is 3.33. The summed E-state index contributed by atoms with van der Waals surface area (Å²) in [6.07, 6.45) is 1.99. The molecule has 0 saturated carbocycles. The van der Waals surface area contributed by atoms with Gasteiger partial charge < -0.3 is 15.5 Å². The van der Waals surface area contributed by atoms with Crippen molar-refractivity contribution in [3.05, 3.63) is 5.70 Å². The fourth-order valence-corrected chi connectivity index (χ4v) is 1.11. The molecule has 1 unspecified atom stereocenters. The van der Waals surface area contributed by atoms with Crippen molar-refractivity contribution in [3.8, 4) is 0 Å². The SMILES string of the molecule is CCCCC(O)CC(=C=O)NCC(=O)O. The van der Waals surface area contributed by atoms with Gasteiger partial charge in [0.1, 0.15) is 12.5 Å². The maximum absolute atomic E-state index is 10.4. The van der Waals surface area contributed by atoms with Crippen molar-refractivity contribution in [1.82, 2.24) is 5.32 Å². The van der Waals surface area contributed by atoms with Crippen molar-refractivity contribution >= 4 is 11.9 Å². The molecule has 0 aliphatic carbocycles. The highest BCUT2D eigenvalue weighted by atomic mass is 16.4. The summed E-state index contributed by atoms with van der Waals surface area (Å²) >= 11 is 0. The molecule has 5 heteroatoms. The van der Waals surface area contributed by atoms with Crippen LogP contribution in [0.3, 0.4) is 0 Å². The van der Waals surface area contributed by atoms with Crippen LogP contribution < -0.4 is 5.32 Å². The molecule has 0 spiro atoms. The largest absolute Gasteiger partial charge is 0.480 e. The summed E-state index contributed by atoms with van der Waals surface area (Å²) in [6.45, 7) is 1.68. The van der Waals surface area contributed by atoms with Crippen molar-refractivity contribution in [2.45, 2.75) is 38.7 Å². The van der Waals surface area contributed by atoms with E-state index in [2.05, 4.69) is 5.32 Å². The zero-order valence-corrected chi connectivity index (χ0v) is 8.82. The second kappa shape index (κ2) is 8.03. The van der Waals surface area contributed by atoms with E-state index in [1.807, 2.05) is 6.92 Å². The van der Waals surface area contributed by atoms with E-state index in [1.165, 1.54) is 0 Å². The molecule has 0 aromatic heterocycles. The molecular weight excluding hydrogens is 198 g/mol. The summed E-state index contributed by atoms with van der Waals surface area (Å²) in [6, 6.07) is 0. The van der Waals surface area contributed by atoms with Crippen molar-refractivity contribution in [1.29, 1.82) is 0 Å². The van der Waals surface area contributed by atoms with Crippen molar-refractivity contribution in [2.75, 3.05) is 6.54 Å². The lowest BCUT2D eigenvalue weighted by molar-refractivity contribution is -0.135. The van der Waals surface area contributed by atoms with Crippen LogP contribution in [-0.2, 0) is 9.59 Å². The number of unbranched alkanes of at least 4 members (excludes halogenated alkanes) is 1. The predicted octanol–water partition coefficient (Wildman–Crippen LogP) is 0.317. The number of rotatable bonds is 8. The number of aliphatic hydroxyl groups excluding tert-OH is 1. The molecule has 0 radical (unpaired) electrons. The topological polar surface area (TPSA) is 86.6 Å². The minimum Gasteiger partial charge on any atom is -0.480 e. The molecule has 15 heavy (non-hydrogen) atoms. The quantitative estimate of drug-likeness (QED) is 0.507. The molecule has 0 bridgehead atoms. The molecular formula is C10H17NO4. The molecule has 0 amide bonds. The van der Waals surface area contributed by atoms with Gasteiger partial charge in [0.25, 0.3) is 0 Å². The van der Waals surface area contributed by atoms with Crippen LogP contribution >= 0.6 is 0 Å². The van der Waals surface area contributed by atoms with E-state index < -0.39 is 12.1 Å². The van der Waals surface area contributed by atoms with Crippen molar-refractivity contribution < 1.29 is 19.8 Å². The molecule has 0 aromatic carbocycles. The maximum Gasteiger partial charge on any atom is 0.322 e. The minimum absolute atomic E-state index is 0.112. The number of carbonyl (C=O) groups is 1. The number of carbonyl (C=O) groups excluding carboxylic acids is 1. The first-order chi connectivity index (χ1) is 7.10. The Balaban J connectivity index is 3.89. The Morgan fingerprint density at radius 3 is 2.67 bits per heavy atom. The van der Waals surface area contributed by atoms with Crippen LogP contribution in [0.15, 0.2) is 5.70 Å². The van der Waals surface area contributed by atoms with Crippen LogP contribution in [0.4, 0.5) is 0 Å². The lowest BCUT2D eigenvalue weighted by Gasteiger charge is -2.10. The molecule has 0 heterocycles. The molecule has 0 aliphatic rings. The van der Waals surface area contributed by atoms with E-state index >= 15 is 0 Å². The average Bonchev–Trinajstić information content (AvgIpc) is 2.20. The number of aliphatic hydroxyl groups is 1. The Labute approximate surface area is 88.8 Å². The first kappa shape index (κ1) is 13.7. The highest BCUT2D eigenvalue weighted by Gasteiger charge is 2.08. The van der Waals surface area contributed by atoms with Gasteiger partial charge in [-0.1, -0.05) is 19.8 Å². The third kappa shape index (κ3) is 7.73. The van der Waals surface area contributed by atoms with E-state index in [0.717, 1.165) is 12.8 Å². The molecule has 0 fully saturated rings. The summed E-state index contributed by atoms with van der Waals surface area (Å²) in [7, 11) is 0. The van der Waals surface area contributed by atoms with E-state index in [4.69, 9.17) is 5.11 Å². The standard InChI is InChI=1S/C10H17NO4/c1-2-3-4-9(13)5-8(7-12)11-6-10(14)15/h9,11,13H,2-6H2,1H3,(H,14,15). The third-order valence-corrected chi connectivity index (χ3v) is 1.91. The Kier molecular flexibility index (Phi) is 7.32. The van der Waals surface area contributed by atoms with Gasteiger partial charge in [0.15, 0.2) is 0 Å². The number of nitrogens with one attached hydrogen (secondary N) is 1. The van der Waals surface area contributed by atoms with Crippen LogP contribution in [-0.4, -0.2) is 34.8 Å². The normalized spacial score (nSPS) is 11.6. The number of aliphatic carboxylic acids is 1. The zero-order chi connectivity index (χ0) is 11.7. The Bertz CT molecular complexity index is 246. The van der Waals surface area contributed by atoms with Crippen molar-refractivity contribution in [3.63, 3.8) is 0 Å². The van der Waals surface area contributed by atoms with Gasteiger partial charge in [0.05, 0.1) is 11.8 Å². The number of carboxylic acid groups (broad SMARTS) is 1. The lowest BCUT2D eigenvalue weighted by atomic mass is 10.1. The van der Waals surface area contributed by atoms with E-state index in [1.54, 1.807) is 5.94 Å². The fourth-order valence-electron chi connectivity index (χ4n) is 1.11. The van der Waals surface area contributed by atoms with E-state index in [9.17, 15) is 14.7 Å². The van der Waals surface area contributed by atoms with Gasteiger partial charge in [-0.25, -0.2) is 4.79 Å². The van der Waals surface area contributed by atoms with Gasteiger partial charge in [-0.2, -0.15) is 0 Å². The van der Waals surface area contributed by atoms with Gasteiger partial charge in [-0.15, -0.1) is 0 Å². The summed E-state index contributed by atoms with van der Waals surface area (Å²) in [5.74, 6) is 0.547. The Morgan fingerprint density at radius 1 is 1.53 bits per heavy atom. The number of hydrogen-bond acceptors (Lipinski definition) is 4. The van der Waals surface area contributed by atoms with Crippen LogP contribution in [0.25, 0.3) is 0 Å². The van der Waals surface area contributed by atoms with Crippen molar-refractivity contribution in [2.24, 2.45) is 0 Å². The van der Waals surface area contributed by atoms with Gasteiger partial charge in [0.2, 0.25) is 0 Å². The first-order valence-corrected chi connectivity index (χ1v) is 4.97. The molecule has 0 rings (SSSR count).